The van der Waals surface area contributed by atoms with Crippen molar-refractivity contribution in [1.29, 1.82) is 0 Å². The van der Waals surface area contributed by atoms with Gasteiger partial charge in [0.2, 0.25) is 0 Å². The lowest BCUT2D eigenvalue weighted by molar-refractivity contribution is 0.527. The Morgan fingerprint density at radius 2 is 2.47 bits per heavy atom. The molecule has 1 aromatic heterocycles. The van der Waals surface area contributed by atoms with E-state index in [-0.39, 0.29) is 6.04 Å². The van der Waals surface area contributed by atoms with Gasteiger partial charge in [-0.1, -0.05) is 12.2 Å². The first-order chi connectivity index (χ1) is 7.24. The molecule has 82 valence electrons. The summed E-state index contributed by atoms with van der Waals surface area (Å²) in [5.74, 6) is 0.598. The lowest BCUT2D eigenvalue weighted by atomic mass is 10.1. The zero-order valence-corrected chi connectivity index (χ0v) is 9.76. The molecule has 0 spiro atoms. The molecule has 3 N–H and O–H groups in total. The van der Waals surface area contributed by atoms with Crippen LogP contribution in [0.15, 0.2) is 17.5 Å². The summed E-state index contributed by atoms with van der Waals surface area (Å²) in [6, 6.07) is 0.263. The van der Waals surface area contributed by atoms with Gasteiger partial charge in [-0.05, 0) is 19.3 Å². The van der Waals surface area contributed by atoms with Gasteiger partial charge < -0.3 is 11.1 Å². The SMILES string of the molecule is Cc1csc(CNCC2C=CC(N)C2)n1. The number of hydrogen-bond donors (Lipinski definition) is 2. The van der Waals surface area contributed by atoms with E-state index in [0.29, 0.717) is 5.92 Å². The Bertz CT molecular complexity index is 345. The fraction of sp³-hybridized carbons (Fsp3) is 0.545. The number of nitrogens with zero attached hydrogens (tertiary/aromatic N) is 1. The molecule has 0 aliphatic heterocycles. The fourth-order valence-electron chi connectivity index (χ4n) is 1.81. The Morgan fingerprint density at radius 3 is 3.07 bits per heavy atom. The molecule has 3 nitrogen and oxygen atoms in total. The van der Waals surface area contributed by atoms with Crippen LogP contribution in [0.4, 0.5) is 0 Å². The zero-order chi connectivity index (χ0) is 10.7. The smallest absolute Gasteiger partial charge is 0.107 e. The predicted octanol–water partition coefficient (Wildman–Crippen LogP) is 1.44. The Balaban J connectivity index is 1.69. The molecule has 0 radical (unpaired) electrons. The van der Waals surface area contributed by atoms with E-state index in [4.69, 9.17) is 5.73 Å². The van der Waals surface area contributed by atoms with E-state index in [0.717, 1.165) is 25.2 Å². The van der Waals surface area contributed by atoms with Crippen LogP contribution in [0.3, 0.4) is 0 Å². The Kier molecular flexibility index (Phi) is 3.51. The normalized spacial score (nSPS) is 24.9. The molecule has 0 aromatic carbocycles. The van der Waals surface area contributed by atoms with Crippen LogP contribution in [-0.4, -0.2) is 17.6 Å². The largest absolute Gasteiger partial charge is 0.324 e. The van der Waals surface area contributed by atoms with Crippen LogP contribution >= 0.6 is 11.3 Å². The lowest BCUT2D eigenvalue weighted by Gasteiger charge is -2.09. The minimum absolute atomic E-state index is 0.263. The molecule has 0 saturated carbocycles. The average molecular weight is 223 g/mol. The highest BCUT2D eigenvalue weighted by molar-refractivity contribution is 7.09. The van der Waals surface area contributed by atoms with Crippen molar-refractivity contribution >= 4 is 11.3 Å². The predicted molar refractivity (Wildman–Crippen MR) is 63.8 cm³/mol. The van der Waals surface area contributed by atoms with Gasteiger partial charge in [-0.3, -0.25) is 0 Å². The first-order valence-corrected chi connectivity index (χ1v) is 6.17. The standard InChI is InChI=1S/C11H17N3S/c1-8-7-15-11(14-8)6-13-5-9-2-3-10(12)4-9/h2-3,7,9-10,13H,4-6,12H2,1H3. The molecular formula is C11H17N3S. The molecular weight excluding hydrogens is 206 g/mol. The van der Waals surface area contributed by atoms with E-state index in [1.165, 1.54) is 5.01 Å². The lowest BCUT2D eigenvalue weighted by Crippen LogP contribution is -2.23. The Morgan fingerprint density at radius 1 is 1.60 bits per heavy atom. The van der Waals surface area contributed by atoms with Gasteiger partial charge in [0.25, 0.3) is 0 Å². The number of nitrogens with one attached hydrogen (secondary N) is 1. The van der Waals surface area contributed by atoms with Crippen molar-refractivity contribution in [3.8, 4) is 0 Å². The number of rotatable bonds is 4. The van der Waals surface area contributed by atoms with E-state index in [2.05, 4.69) is 27.8 Å². The second-order valence-corrected chi connectivity index (χ2v) is 5.00. The maximum Gasteiger partial charge on any atom is 0.107 e. The maximum atomic E-state index is 5.79. The molecule has 1 aliphatic carbocycles. The van der Waals surface area contributed by atoms with Crippen LogP contribution in [0.25, 0.3) is 0 Å². The third-order valence-corrected chi connectivity index (χ3v) is 3.52. The number of hydrogen-bond acceptors (Lipinski definition) is 4. The average Bonchev–Trinajstić information content (AvgIpc) is 2.76. The molecule has 1 aromatic rings. The van der Waals surface area contributed by atoms with E-state index >= 15 is 0 Å². The van der Waals surface area contributed by atoms with Crippen molar-refractivity contribution < 1.29 is 0 Å². The maximum absolute atomic E-state index is 5.79. The van der Waals surface area contributed by atoms with E-state index < -0.39 is 0 Å². The molecule has 2 unspecified atom stereocenters. The quantitative estimate of drug-likeness (QED) is 0.760. The summed E-state index contributed by atoms with van der Waals surface area (Å²) in [4.78, 5) is 4.40. The van der Waals surface area contributed by atoms with Crippen molar-refractivity contribution in [3.05, 3.63) is 28.2 Å². The minimum atomic E-state index is 0.263. The third-order valence-electron chi connectivity index (χ3n) is 2.55. The van der Waals surface area contributed by atoms with Gasteiger partial charge >= 0.3 is 0 Å². The Hall–Kier alpha value is -0.710. The van der Waals surface area contributed by atoms with Gasteiger partial charge in [-0.25, -0.2) is 4.98 Å². The third kappa shape index (κ3) is 3.12. The van der Waals surface area contributed by atoms with Crippen LogP contribution in [0.1, 0.15) is 17.1 Å². The molecule has 0 saturated heterocycles. The van der Waals surface area contributed by atoms with Crippen molar-refractivity contribution in [2.75, 3.05) is 6.54 Å². The van der Waals surface area contributed by atoms with Crippen LogP contribution in [0.2, 0.25) is 0 Å². The van der Waals surface area contributed by atoms with Crippen LogP contribution in [-0.2, 0) is 6.54 Å². The van der Waals surface area contributed by atoms with E-state index in [1.807, 2.05) is 6.92 Å². The molecule has 1 heterocycles. The first kappa shape index (κ1) is 10.8. The van der Waals surface area contributed by atoms with Gasteiger partial charge in [0.1, 0.15) is 5.01 Å². The molecule has 0 bridgehead atoms. The summed E-state index contributed by atoms with van der Waals surface area (Å²) in [6.45, 7) is 3.90. The van der Waals surface area contributed by atoms with Crippen LogP contribution in [0.5, 0.6) is 0 Å². The van der Waals surface area contributed by atoms with Gasteiger partial charge in [-0.2, -0.15) is 0 Å². The fourth-order valence-corrected chi connectivity index (χ4v) is 2.55. The molecule has 4 heteroatoms. The van der Waals surface area contributed by atoms with Gasteiger partial charge in [-0.15, -0.1) is 11.3 Å². The van der Waals surface area contributed by atoms with Crippen molar-refractivity contribution in [2.24, 2.45) is 11.7 Å². The van der Waals surface area contributed by atoms with Gasteiger partial charge in [0.05, 0.1) is 0 Å². The molecule has 1 aliphatic rings. The highest BCUT2D eigenvalue weighted by atomic mass is 32.1. The molecule has 0 fully saturated rings. The summed E-state index contributed by atoms with van der Waals surface area (Å²) in [6.07, 6.45) is 5.38. The Labute approximate surface area is 94.4 Å². The summed E-state index contributed by atoms with van der Waals surface area (Å²) in [5, 5.41) is 6.67. The number of nitrogens with two attached hydrogens (primary N) is 1. The second kappa shape index (κ2) is 4.88. The number of thiazole rings is 1. The monoisotopic (exact) mass is 223 g/mol. The van der Waals surface area contributed by atoms with E-state index in [9.17, 15) is 0 Å². The summed E-state index contributed by atoms with van der Waals surface area (Å²) < 4.78 is 0. The van der Waals surface area contributed by atoms with Gasteiger partial charge in [0, 0.05) is 30.2 Å². The topological polar surface area (TPSA) is 50.9 Å². The molecule has 2 rings (SSSR count). The number of aryl methyl sites for hydroxylation is 1. The molecule has 2 atom stereocenters. The van der Waals surface area contributed by atoms with Crippen molar-refractivity contribution in [1.82, 2.24) is 10.3 Å². The van der Waals surface area contributed by atoms with E-state index in [1.54, 1.807) is 11.3 Å². The molecule has 15 heavy (non-hydrogen) atoms. The highest BCUT2D eigenvalue weighted by Crippen LogP contribution is 2.15. The second-order valence-electron chi connectivity index (χ2n) is 4.06. The zero-order valence-electron chi connectivity index (χ0n) is 8.94. The van der Waals surface area contributed by atoms with Crippen molar-refractivity contribution in [2.45, 2.75) is 25.9 Å². The van der Waals surface area contributed by atoms with Gasteiger partial charge in [0.15, 0.2) is 0 Å². The summed E-state index contributed by atoms with van der Waals surface area (Å²) in [5.41, 5.74) is 6.90. The molecule has 0 amide bonds. The van der Waals surface area contributed by atoms with Crippen LogP contribution in [0, 0.1) is 12.8 Å². The number of aromatic nitrogens is 1. The first-order valence-electron chi connectivity index (χ1n) is 5.29. The minimum Gasteiger partial charge on any atom is -0.324 e. The van der Waals surface area contributed by atoms with Crippen molar-refractivity contribution in [3.63, 3.8) is 0 Å². The summed E-state index contributed by atoms with van der Waals surface area (Å²) in [7, 11) is 0. The summed E-state index contributed by atoms with van der Waals surface area (Å²) >= 11 is 1.72. The highest BCUT2D eigenvalue weighted by Gasteiger charge is 2.14. The van der Waals surface area contributed by atoms with Crippen LogP contribution < -0.4 is 11.1 Å².